The third-order valence-corrected chi connectivity index (χ3v) is 8.06. The quantitative estimate of drug-likeness (QED) is 0.0573. The molecule has 20 heteroatoms. The minimum Gasteiger partial charge on any atom is -0.519 e. The van der Waals surface area contributed by atoms with Gasteiger partial charge in [0.15, 0.2) is 63.9 Å². The maximum atomic E-state index is 15.8. The highest BCUT2D eigenvalue weighted by molar-refractivity contribution is 6.66. The Morgan fingerprint density at radius 2 is 0.712 bits per heavy atom. The van der Waals surface area contributed by atoms with Gasteiger partial charge >= 0.3 is 7.12 Å². The van der Waals surface area contributed by atoms with Crippen molar-refractivity contribution in [3.8, 4) is 11.5 Å². The highest BCUT2D eigenvalue weighted by Crippen LogP contribution is 2.48. The molecule has 0 aliphatic rings. The summed E-state index contributed by atoms with van der Waals surface area (Å²) in [5.41, 5.74) is -1.15. The van der Waals surface area contributed by atoms with Gasteiger partial charge in [0.2, 0.25) is 29.1 Å². The summed E-state index contributed by atoms with van der Waals surface area (Å²) >= 11 is 0. The Labute approximate surface area is 274 Å². The van der Waals surface area contributed by atoms with Crippen LogP contribution in [0.2, 0.25) is 0 Å². The molecule has 0 aliphatic heterocycles. The SMILES string of the molecule is Fc1cc(F)c2c(F)ccc(B(Oc3c(F)c(F)c(F)c(F)c3F)Oc3c(F)c(F)c4c(F)c(F)c5c(F)c(F)c(F)c6c(F)c(F)c3c4c56)c2c1. The first-order chi connectivity index (χ1) is 24.4. The van der Waals surface area contributed by atoms with Gasteiger partial charge in [-0.3, -0.25) is 0 Å². The number of halogens is 17. The third kappa shape index (κ3) is 4.54. The molecule has 0 amide bonds. The average Bonchev–Trinajstić information content (AvgIpc) is 3.09. The maximum Gasteiger partial charge on any atom is 0.633 e. The zero-order chi connectivity index (χ0) is 38.0. The van der Waals surface area contributed by atoms with Gasteiger partial charge in [0.1, 0.15) is 17.5 Å². The molecule has 0 fully saturated rings. The number of rotatable bonds is 5. The number of hydrogen-bond donors (Lipinski definition) is 0. The van der Waals surface area contributed by atoms with Crippen LogP contribution in [-0.2, 0) is 0 Å². The van der Waals surface area contributed by atoms with E-state index in [0.717, 1.165) is 0 Å². The first-order valence-electron chi connectivity index (χ1n) is 13.7. The summed E-state index contributed by atoms with van der Waals surface area (Å²) in [6, 6.07) is 1.04. The van der Waals surface area contributed by atoms with Crippen molar-refractivity contribution in [2.75, 3.05) is 0 Å². The van der Waals surface area contributed by atoms with Crippen molar-refractivity contribution >= 4 is 55.7 Å². The van der Waals surface area contributed by atoms with E-state index in [0.29, 0.717) is 12.1 Å². The van der Waals surface area contributed by atoms with Gasteiger partial charge in [-0.05, 0) is 17.5 Å². The monoisotopic (exact) mass is 754 g/mol. The molecule has 0 N–H and O–H groups in total. The van der Waals surface area contributed by atoms with Gasteiger partial charge < -0.3 is 9.31 Å². The summed E-state index contributed by atoms with van der Waals surface area (Å²) in [6.07, 6.45) is 0. The largest absolute Gasteiger partial charge is 0.633 e. The van der Waals surface area contributed by atoms with E-state index in [4.69, 9.17) is 9.31 Å². The molecule has 0 unspecified atom stereocenters. The molecule has 7 rings (SSSR count). The highest BCUT2D eigenvalue weighted by atomic mass is 19.2. The van der Waals surface area contributed by atoms with Crippen molar-refractivity contribution in [2.24, 2.45) is 0 Å². The lowest BCUT2D eigenvalue weighted by Crippen LogP contribution is -2.44. The van der Waals surface area contributed by atoms with Crippen LogP contribution in [0, 0.1) is 98.9 Å². The number of hydrogen-bond acceptors (Lipinski definition) is 2. The van der Waals surface area contributed by atoms with Crippen LogP contribution < -0.4 is 14.8 Å². The molecule has 7 aromatic rings. The van der Waals surface area contributed by atoms with E-state index in [1.54, 1.807) is 0 Å². The van der Waals surface area contributed by atoms with Crippen LogP contribution in [0.3, 0.4) is 0 Å². The van der Waals surface area contributed by atoms with E-state index in [2.05, 4.69) is 0 Å². The first kappa shape index (κ1) is 34.7. The normalized spacial score (nSPS) is 11.9. The van der Waals surface area contributed by atoms with Crippen molar-refractivity contribution in [1.29, 1.82) is 0 Å². The topological polar surface area (TPSA) is 18.5 Å². The fourth-order valence-electron chi connectivity index (χ4n) is 5.84. The highest BCUT2D eigenvalue weighted by Gasteiger charge is 2.40. The van der Waals surface area contributed by atoms with E-state index >= 15 is 26.3 Å². The standard InChI is InChI=1S/C32H4BF17O2/c34-5-3-6-7(1-2-8(35)10(6)9(36)4-5)33(52-32-29(49)26(46)25(45)27(47)30(32)50)51-31-16-12-11-13(17(37)18(38)15(12)22(42)28(31)48)20(40)24(44)21(41)14(11)19(39)23(16)43/h1-4H. The second kappa shape index (κ2) is 11.7. The first-order valence-corrected chi connectivity index (χ1v) is 13.7. The van der Waals surface area contributed by atoms with Crippen LogP contribution in [0.4, 0.5) is 74.6 Å². The summed E-state index contributed by atoms with van der Waals surface area (Å²) in [4.78, 5) is 0. The molecular formula is C32H4BF17O2. The van der Waals surface area contributed by atoms with Crippen LogP contribution in [0.5, 0.6) is 11.5 Å². The van der Waals surface area contributed by atoms with Gasteiger partial charge in [-0.15, -0.1) is 0 Å². The molecule has 0 bridgehead atoms. The number of fused-ring (bicyclic) bond motifs is 1. The predicted molar refractivity (Wildman–Crippen MR) is 146 cm³/mol. The van der Waals surface area contributed by atoms with E-state index < -0.39 is 166 Å². The second-order valence-electron chi connectivity index (χ2n) is 10.8. The minimum absolute atomic E-state index is 0.0961. The van der Waals surface area contributed by atoms with Crippen LogP contribution in [0.25, 0.3) is 43.1 Å². The lowest BCUT2D eigenvalue weighted by Gasteiger charge is -2.23. The molecule has 0 radical (unpaired) electrons. The predicted octanol–water partition coefficient (Wildman–Crippen LogP) is 9.96. The minimum atomic E-state index is -3.19. The molecule has 7 aromatic carbocycles. The van der Waals surface area contributed by atoms with Crippen molar-refractivity contribution in [3.63, 3.8) is 0 Å². The zero-order valence-electron chi connectivity index (χ0n) is 24.1. The third-order valence-electron chi connectivity index (χ3n) is 8.06. The van der Waals surface area contributed by atoms with Crippen LogP contribution in [0.1, 0.15) is 0 Å². The van der Waals surface area contributed by atoms with E-state index in [1.165, 1.54) is 0 Å². The molecule has 2 nitrogen and oxygen atoms in total. The lowest BCUT2D eigenvalue weighted by molar-refractivity contribution is 0.332. The van der Waals surface area contributed by atoms with E-state index in [1.807, 2.05) is 0 Å². The van der Waals surface area contributed by atoms with Crippen LogP contribution in [-0.4, -0.2) is 7.12 Å². The summed E-state index contributed by atoms with van der Waals surface area (Å²) in [7, 11) is -3.19. The van der Waals surface area contributed by atoms with Crippen LogP contribution in [0.15, 0.2) is 24.3 Å². The maximum absolute atomic E-state index is 15.8. The molecule has 266 valence electrons. The smallest absolute Gasteiger partial charge is 0.519 e. The Morgan fingerprint density at radius 3 is 1.25 bits per heavy atom. The fourth-order valence-corrected chi connectivity index (χ4v) is 5.84. The van der Waals surface area contributed by atoms with Gasteiger partial charge in [-0.1, -0.05) is 6.07 Å². The van der Waals surface area contributed by atoms with Crippen LogP contribution >= 0.6 is 0 Å². The van der Waals surface area contributed by atoms with Gasteiger partial charge in [-0.25, -0.2) is 61.5 Å². The Hall–Kier alpha value is -5.69. The Bertz CT molecular complexity index is 2680. The zero-order valence-corrected chi connectivity index (χ0v) is 24.1. The Balaban J connectivity index is 1.62. The molecule has 0 saturated heterocycles. The number of benzene rings is 7. The second-order valence-corrected chi connectivity index (χ2v) is 10.8. The van der Waals surface area contributed by atoms with Crippen molar-refractivity contribution in [2.45, 2.75) is 0 Å². The molecular weight excluding hydrogens is 750 g/mol. The van der Waals surface area contributed by atoms with E-state index in [9.17, 15) is 48.3 Å². The summed E-state index contributed by atoms with van der Waals surface area (Å²) in [6.45, 7) is 0. The molecule has 0 atom stereocenters. The van der Waals surface area contributed by atoms with Gasteiger partial charge in [0, 0.05) is 22.3 Å². The van der Waals surface area contributed by atoms with Crippen molar-refractivity contribution in [1.82, 2.24) is 0 Å². The van der Waals surface area contributed by atoms with E-state index in [-0.39, 0.29) is 12.1 Å². The molecule has 0 aromatic heterocycles. The molecule has 52 heavy (non-hydrogen) atoms. The molecule has 0 saturated carbocycles. The lowest BCUT2D eigenvalue weighted by atomic mass is 9.75. The Kier molecular flexibility index (Phi) is 7.80. The average molecular weight is 754 g/mol. The summed E-state index contributed by atoms with van der Waals surface area (Å²) in [5, 5.41) is -13.5. The van der Waals surface area contributed by atoms with Crippen molar-refractivity contribution in [3.05, 3.63) is 123 Å². The summed E-state index contributed by atoms with van der Waals surface area (Å²) < 4.78 is 262. The molecule has 0 aliphatic carbocycles. The Morgan fingerprint density at radius 1 is 0.327 bits per heavy atom. The summed E-state index contributed by atoms with van der Waals surface area (Å²) in [5.74, 6) is -46.5. The van der Waals surface area contributed by atoms with Crippen molar-refractivity contribution < 1.29 is 83.9 Å². The van der Waals surface area contributed by atoms with Gasteiger partial charge in [0.25, 0.3) is 0 Å². The fraction of sp³-hybridized carbons (Fsp3) is 0. The van der Waals surface area contributed by atoms with Gasteiger partial charge in [0.05, 0.1) is 26.9 Å². The molecule has 0 spiro atoms. The van der Waals surface area contributed by atoms with Gasteiger partial charge in [-0.2, -0.15) is 13.2 Å². The molecule has 0 heterocycles.